The van der Waals surface area contributed by atoms with Gasteiger partial charge in [-0.2, -0.15) is 0 Å². The Morgan fingerprint density at radius 1 is 1.17 bits per heavy atom. The minimum absolute atomic E-state index is 0.896. The number of carbonyl (C=O) groups excluding carboxylic acids is 1. The van der Waals surface area contributed by atoms with Crippen molar-refractivity contribution in [1.29, 1.82) is 0 Å². The first-order valence-electron chi connectivity index (χ1n) is 4.48. The van der Waals surface area contributed by atoms with E-state index in [4.69, 9.17) is 0 Å². The maximum Gasteiger partial charge on any atom is 0.150 e. The highest BCUT2D eigenvalue weighted by molar-refractivity contribution is 5.78. The molecule has 0 aliphatic heterocycles. The van der Waals surface area contributed by atoms with Gasteiger partial charge in [0.1, 0.15) is 6.29 Å². The maximum absolute atomic E-state index is 10.7. The van der Waals surface area contributed by atoms with E-state index in [1.807, 2.05) is 12.1 Å². The Morgan fingerprint density at radius 3 is 2.83 bits per heavy atom. The van der Waals surface area contributed by atoms with Gasteiger partial charge in [-0.15, -0.1) is 0 Å². The highest BCUT2D eigenvalue weighted by Gasteiger charge is 2.11. The molecule has 0 heterocycles. The average molecular weight is 160 g/mol. The second-order valence-corrected chi connectivity index (χ2v) is 3.31. The normalized spacial score (nSPS) is 15.3. The number of carbonyl (C=O) groups is 1. The standard InChI is InChI=1S/C11H12O/c12-8-10-6-3-5-9-4-1-2-7-11(9)10/h3,5-6,8H,1-2,4,7H2. The summed E-state index contributed by atoms with van der Waals surface area (Å²) in [7, 11) is 0. The molecule has 0 amide bonds. The van der Waals surface area contributed by atoms with E-state index in [2.05, 4.69) is 6.07 Å². The van der Waals surface area contributed by atoms with E-state index in [1.165, 1.54) is 24.0 Å². The van der Waals surface area contributed by atoms with E-state index < -0.39 is 0 Å². The molecule has 2 rings (SSSR count). The van der Waals surface area contributed by atoms with Crippen LogP contribution in [0.25, 0.3) is 0 Å². The summed E-state index contributed by atoms with van der Waals surface area (Å²) in [6.07, 6.45) is 5.72. The minimum atomic E-state index is 0.896. The third-order valence-corrected chi connectivity index (χ3v) is 2.56. The molecule has 0 fully saturated rings. The Kier molecular flexibility index (Phi) is 1.94. The number of aryl methyl sites for hydroxylation is 1. The van der Waals surface area contributed by atoms with Crippen molar-refractivity contribution in [3.8, 4) is 0 Å². The summed E-state index contributed by atoms with van der Waals surface area (Å²) in [5.41, 5.74) is 3.57. The van der Waals surface area contributed by atoms with E-state index in [0.29, 0.717) is 0 Å². The zero-order chi connectivity index (χ0) is 8.39. The lowest BCUT2D eigenvalue weighted by Crippen LogP contribution is -2.05. The molecule has 1 aromatic carbocycles. The molecule has 62 valence electrons. The quantitative estimate of drug-likeness (QED) is 0.576. The first-order valence-corrected chi connectivity index (χ1v) is 4.48. The van der Waals surface area contributed by atoms with Crippen molar-refractivity contribution in [2.45, 2.75) is 25.7 Å². The van der Waals surface area contributed by atoms with Crippen LogP contribution < -0.4 is 0 Å². The molecule has 0 saturated carbocycles. The van der Waals surface area contributed by atoms with Crippen LogP contribution in [0.4, 0.5) is 0 Å². The third-order valence-electron chi connectivity index (χ3n) is 2.56. The van der Waals surface area contributed by atoms with Gasteiger partial charge >= 0.3 is 0 Å². The van der Waals surface area contributed by atoms with Gasteiger partial charge in [0, 0.05) is 5.56 Å². The van der Waals surface area contributed by atoms with Crippen LogP contribution in [0, 0.1) is 0 Å². The average Bonchev–Trinajstić information content (AvgIpc) is 2.17. The van der Waals surface area contributed by atoms with Crippen LogP contribution in [0.1, 0.15) is 34.3 Å². The molecule has 0 radical (unpaired) electrons. The fourth-order valence-electron chi connectivity index (χ4n) is 1.92. The van der Waals surface area contributed by atoms with Crippen molar-refractivity contribution >= 4 is 6.29 Å². The van der Waals surface area contributed by atoms with Crippen molar-refractivity contribution < 1.29 is 4.79 Å². The molecule has 0 aromatic heterocycles. The molecule has 0 unspecified atom stereocenters. The van der Waals surface area contributed by atoms with Gasteiger partial charge < -0.3 is 0 Å². The third kappa shape index (κ3) is 1.15. The molecule has 12 heavy (non-hydrogen) atoms. The lowest BCUT2D eigenvalue weighted by atomic mass is 9.89. The fourth-order valence-corrected chi connectivity index (χ4v) is 1.92. The van der Waals surface area contributed by atoms with Gasteiger partial charge in [0.05, 0.1) is 0 Å². The predicted molar refractivity (Wildman–Crippen MR) is 48.5 cm³/mol. The summed E-state index contributed by atoms with van der Waals surface area (Å²) in [6.45, 7) is 0. The number of fused-ring (bicyclic) bond motifs is 1. The zero-order valence-corrected chi connectivity index (χ0v) is 7.05. The number of aldehydes is 1. The van der Waals surface area contributed by atoms with Gasteiger partial charge in [-0.25, -0.2) is 0 Å². The number of hydrogen-bond donors (Lipinski definition) is 0. The van der Waals surface area contributed by atoms with Crippen molar-refractivity contribution in [1.82, 2.24) is 0 Å². The molecule has 0 bridgehead atoms. The highest BCUT2D eigenvalue weighted by Crippen LogP contribution is 2.23. The van der Waals surface area contributed by atoms with E-state index >= 15 is 0 Å². The first-order chi connectivity index (χ1) is 5.92. The molecule has 0 atom stereocenters. The summed E-state index contributed by atoms with van der Waals surface area (Å²) in [4.78, 5) is 10.7. The largest absolute Gasteiger partial charge is 0.298 e. The van der Waals surface area contributed by atoms with Gasteiger partial charge in [0.2, 0.25) is 0 Å². The summed E-state index contributed by atoms with van der Waals surface area (Å²) in [5.74, 6) is 0. The van der Waals surface area contributed by atoms with Crippen molar-refractivity contribution in [2.75, 3.05) is 0 Å². The van der Waals surface area contributed by atoms with E-state index in [-0.39, 0.29) is 0 Å². The Bertz CT molecular complexity index is 302. The second kappa shape index (κ2) is 3.10. The molecular formula is C11H12O. The van der Waals surface area contributed by atoms with Gasteiger partial charge in [0.25, 0.3) is 0 Å². The van der Waals surface area contributed by atoms with Crippen LogP contribution in [-0.2, 0) is 12.8 Å². The van der Waals surface area contributed by atoms with E-state index in [9.17, 15) is 4.79 Å². The van der Waals surface area contributed by atoms with E-state index in [1.54, 1.807) is 0 Å². The molecule has 1 aliphatic carbocycles. The number of benzene rings is 1. The highest BCUT2D eigenvalue weighted by atomic mass is 16.1. The van der Waals surface area contributed by atoms with Crippen LogP contribution in [-0.4, -0.2) is 6.29 Å². The first kappa shape index (κ1) is 7.53. The van der Waals surface area contributed by atoms with Gasteiger partial charge in [-0.05, 0) is 36.8 Å². The molecule has 1 aliphatic rings. The maximum atomic E-state index is 10.7. The number of rotatable bonds is 1. The van der Waals surface area contributed by atoms with E-state index in [0.717, 1.165) is 24.7 Å². The molecule has 0 spiro atoms. The molecular weight excluding hydrogens is 148 g/mol. The minimum Gasteiger partial charge on any atom is -0.298 e. The topological polar surface area (TPSA) is 17.1 Å². The zero-order valence-electron chi connectivity index (χ0n) is 7.05. The van der Waals surface area contributed by atoms with Crippen molar-refractivity contribution in [2.24, 2.45) is 0 Å². The lowest BCUT2D eigenvalue weighted by Gasteiger charge is -2.16. The summed E-state index contributed by atoms with van der Waals surface area (Å²) >= 11 is 0. The molecule has 0 saturated heterocycles. The smallest absolute Gasteiger partial charge is 0.150 e. The van der Waals surface area contributed by atoms with Crippen LogP contribution in [0.5, 0.6) is 0 Å². The van der Waals surface area contributed by atoms with Crippen LogP contribution in [0.3, 0.4) is 0 Å². The molecule has 1 aromatic rings. The summed E-state index contributed by atoms with van der Waals surface area (Å²) in [5, 5.41) is 0. The predicted octanol–water partition coefficient (Wildman–Crippen LogP) is 2.38. The molecule has 1 heteroatoms. The molecule has 0 N–H and O–H groups in total. The van der Waals surface area contributed by atoms with Crippen LogP contribution in [0.15, 0.2) is 18.2 Å². The second-order valence-electron chi connectivity index (χ2n) is 3.31. The van der Waals surface area contributed by atoms with Crippen LogP contribution >= 0.6 is 0 Å². The monoisotopic (exact) mass is 160 g/mol. The fraction of sp³-hybridized carbons (Fsp3) is 0.364. The Labute approximate surface area is 72.4 Å². The van der Waals surface area contributed by atoms with Gasteiger partial charge in [0.15, 0.2) is 0 Å². The Balaban J connectivity index is 2.51. The van der Waals surface area contributed by atoms with Crippen molar-refractivity contribution in [3.63, 3.8) is 0 Å². The van der Waals surface area contributed by atoms with Gasteiger partial charge in [-0.3, -0.25) is 4.79 Å². The Morgan fingerprint density at radius 2 is 2.00 bits per heavy atom. The molecule has 1 nitrogen and oxygen atoms in total. The summed E-state index contributed by atoms with van der Waals surface area (Å²) < 4.78 is 0. The van der Waals surface area contributed by atoms with Gasteiger partial charge in [-0.1, -0.05) is 18.2 Å². The Hall–Kier alpha value is -1.11. The van der Waals surface area contributed by atoms with Crippen molar-refractivity contribution in [3.05, 3.63) is 34.9 Å². The lowest BCUT2D eigenvalue weighted by molar-refractivity contribution is 0.112. The van der Waals surface area contributed by atoms with Crippen LogP contribution in [0.2, 0.25) is 0 Å². The SMILES string of the molecule is O=Cc1cccc2c1CCCC2. The summed E-state index contributed by atoms with van der Waals surface area (Å²) in [6, 6.07) is 6.03. The number of hydrogen-bond acceptors (Lipinski definition) is 1.